The number of nitrogens with one attached hydrogen (secondary N) is 1. The van der Waals surface area contributed by atoms with Gasteiger partial charge in [-0.15, -0.1) is 11.3 Å². The summed E-state index contributed by atoms with van der Waals surface area (Å²) < 4.78 is 6.83. The molecule has 0 amide bonds. The van der Waals surface area contributed by atoms with Crippen molar-refractivity contribution in [3.8, 4) is 0 Å². The Kier molecular flexibility index (Phi) is 4.92. The maximum Gasteiger partial charge on any atom is 0.0483 e. The fraction of sp³-hybridized carbons (Fsp3) is 0.714. The first-order valence-corrected chi connectivity index (χ1v) is 8.79. The highest BCUT2D eigenvalue weighted by Gasteiger charge is 2.33. The molecule has 0 bridgehead atoms. The molecule has 0 spiro atoms. The maximum absolute atomic E-state index is 5.55. The third-order valence-corrected chi connectivity index (χ3v) is 6.11. The van der Waals surface area contributed by atoms with Gasteiger partial charge in [-0.05, 0) is 46.1 Å². The molecule has 0 radical (unpaired) electrons. The Morgan fingerprint density at radius 1 is 1.32 bits per heavy atom. The zero-order valence-corrected chi connectivity index (χ0v) is 13.5. The van der Waals surface area contributed by atoms with Crippen molar-refractivity contribution in [1.29, 1.82) is 0 Å². The molecule has 0 aliphatic carbocycles. The molecule has 0 saturated carbocycles. The molecule has 19 heavy (non-hydrogen) atoms. The lowest BCUT2D eigenvalue weighted by Crippen LogP contribution is -2.47. The van der Waals surface area contributed by atoms with E-state index < -0.39 is 0 Å². The van der Waals surface area contributed by atoms with Gasteiger partial charge < -0.3 is 10.1 Å². The zero-order chi connectivity index (χ0) is 13.1. The van der Waals surface area contributed by atoms with Crippen LogP contribution in [0.5, 0.6) is 0 Å². The largest absolute Gasteiger partial charge is 0.381 e. The van der Waals surface area contributed by atoms with E-state index in [1.807, 2.05) is 11.3 Å². The standard InChI is InChI=1S/C14H21BrN2OS/c15-12-3-10-19-14(12)13(11-1-8-18-9-2-11)17-6-4-16-5-7-17/h3,10-11,13,16H,1-2,4-9H2/t13-/m0/s1. The summed E-state index contributed by atoms with van der Waals surface area (Å²) in [6, 6.07) is 2.76. The maximum atomic E-state index is 5.55. The average Bonchev–Trinajstić information content (AvgIpc) is 2.88. The fourth-order valence-corrected chi connectivity index (χ4v) is 5.02. The third kappa shape index (κ3) is 3.22. The van der Waals surface area contributed by atoms with Crippen LogP contribution in [0.25, 0.3) is 0 Å². The Morgan fingerprint density at radius 2 is 2.05 bits per heavy atom. The Hall–Kier alpha value is 0.0600. The second kappa shape index (κ2) is 6.68. The van der Waals surface area contributed by atoms with Gasteiger partial charge in [0.15, 0.2) is 0 Å². The van der Waals surface area contributed by atoms with Crippen molar-refractivity contribution in [2.45, 2.75) is 18.9 Å². The first-order chi connectivity index (χ1) is 9.36. The molecule has 2 aliphatic heterocycles. The second-order valence-electron chi connectivity index (χ2n) is 5.31. The molecule has 1 aromatic rings. The van der Waals surface area contributed by atoms with Crippen LogP contribution in [0.1, 0.15) is 23.8 Å². The van der Waals surface area contributed by atoms with Crippen LogP contribution in [-0.4, -0.2) is 44.3 Å². The topological polar surface area (TPSA) is 24.5 Å². The monoisotopic (exact) mass is 344 g/mol. The summed E-state index contributed by atoms with van der Waals surface area (Å²) >= 11 is 5.63. The molecule has 2 aliphatic rings. The number of hydrogen-bond acceptors (Lipinski definition) is 4. The Bertz CT molecular complexity index is 382. The SMILES string of the molecule is Brc1ccsc1[C@H](C1CCOCC1)N1CCNCC1. The van der Waals surface area contributed by atoms with Crippen molar-refractivity contribution in [1.82, 2.24) is 10.2 Å². The average molecular weight is 345 g/mol. The van der Waals surface area contributed by atoms with E-state index in [-0.39, 0.29) is 0 Å². The van der Waals surface area contributed by atoms with E-state index >= 15 is 0 Å². The molecule has 1 N–H and O–H groups in total. The predicted octanol–water partition coefficient (Wildman–Crippen LogP) is 2.88. The van der Waals surface area contributed by atoms with Crippen molar-refractivity contribution in [3.63, 3.8) is 0 Å². The summed E-state index contributed by atoms with van der Waals surface area (Å²) in [5.74, 6) is 0.738. The van der Waals surface area contributed by atoms with Crippen LogP contribution >= 0.6 is 27.3 Å². The summed E-state index contributed by atoms with van der Waals surface area (Å²) in [5.41, 5.74) is 0. The van der Waals surface area contributed by atoms with E-state index in [9.17, 15) is 0 Å². The molecule has 5 heteroatoms. The summed E-state index contributed by atoms with van der Waals surface area (Å²) in [4.78, 5) is 4.18. The van der Waals surface area contributed by atoms with Gasteiger partial charge in [-0.25, -0.2) is 0 Å². The molecule has 1 aromatic heterocycles. The van der Waals surface area contributed by atoms with Crippen molar-refractivity contribution in [2.24, 2.45) is 5.92 Å². The van der Waals surface area contributed by atoms with E-state index in [4.69, 9.17) is 4.74 Å². The molecule has 0 aromatic carbocycles. The second-order valence-corrected chi connectivity index (χ2v) is 7.12. The van der Waals surface area contributed by atoms with Gasteiger partial charge >= 0.3 is 0 Å². The van der Waals surface area contributed by atoms with Crippen molar-refractivity contribution in [3.05, 3.63) is 20.8 Å². The highest BCUT2D eigenvalue weighted by atomic mass is 79.9. The van der Waals surface area contributed by atoms with E-state index in [2.05, 4.69) is 37.6 Å². The molecule has 0 unspecified atom stereocenters. The lowest BCUT2D eigenvalue weighted by atomic mass is 9.89. The number of thiophene rings is 1. The molecule has 3 nitrogen and oxygen atoms in total. The van der Waals surface area contributed by atoms with E-state index in [1.54, 1.807) is 0 Å². The van der Waals surface area contributed by atoms with Crippen LogP contribution in [0.3, 0.4) is 0 Å². The summed E-state index contributed by atoms with van der Waals surface area (Å²) in [5, 5.41) is 5.66. The number of nitrogens with zero attached hydrogens (tertiary/aromatic N) is 1. The summed E-state index contributed by atoms with van der Waals surface area (Å²) in [6.07, 6.45) is 2.39. The van der Waals surface area contributed by atoms with Gasteiger partial charge in [0, 0.05) is 54.8 Å². The Morgan fingerprint density at radius 3 is 2.68 bits per heavy atom. The minimum atomic E-state index is 0.570. The molecule has 3 rings (SSSR count). The van der Waals surface area contributed by atoms with Crippen LogP contribution in [0.4, 0.5) is 0 Å². The van der Waals surface area contributed by atoms with E-state index in [0.717, 1.165) is 45.3 Å². The van der Waals surface area contributed by atoms with Gasteiger partial charge in [0.25, 0.3) is 0 Å². The molecular formula is C14H21BrN2OS. The van der Waals surface area contributed by atoms with Crippen molar-refractivity contribution in [2.75, 3.05) is 39.4 Å². The normalized spacial score (nSPS) is 24.5. The lowest BCUT2D eigenvalue weighted by Gasteiger charge is -2.40. The smallest absolute Gasteiger partial charge is 0.0483 e. The van der Waals surface area contributed by atoms with Gasteiger partial charge in [-0.1, -0.05) is 0 Å². The number of rotatable bonds is 3. The van der Waals surface area contributed by atoms with Gasteiger partial charge in [0.1, 0.15) is 0 Å². The molecule has 1 atom stereocenters. The zero-order valence-electron chi connectivity index (χ0n) is 11.1. The Labute approximate surface area is 127 Å². The number of halogens is 1. The Balaban J connectivity index is 1.83. The van der Waals surface area contributed by atoms with Gasteiger partial charge in [-0.2, -0.15) is 0 Å². The quantitative estimate of drug-likeness (QED) is 0.912. The molecular weight excluding hydrogens is 324 g/mol. The van der Waals surface area contributed by atoms with Crippen LogP contribution in [0, 0.1) is 5.92 Å². The molecule has 2 fully saturated rings. The first kappa shape index (κ1) is 14.0. The van der Waals surface area contributed by atoms with Crippen molar-refractivity contribution >= 4 is 27.3 Å². The lowest BCUT2D eigenvalue weighted by molar-refractivity contribution is 0.0221. The van der Waals surface area contributed by atoms with Crippen molar-refractivity contribution < 1.29 is 4.74 Å². The minimum Gasteiger partial charge on any atom is -0.381 e. The highest BCUT2D eigenvalue weighted by molar-refractivity contribution is 9.10. The third-order valence-electron chi connectivity index (χ3n) is 4.17. The molecule has 106 valence electrons. The number of hydrogen-bond donors (Lipinski definition) is 1. The molecule has 3 heterocycles. The number of piperazine rings is 1. The van der Waals surface area contributed by atoms with Crippen LogP contribution in [-0.2, 0) is 4.74 Å². The van der Waals surface area contributed by atoms with Gasteiger partial charge in [-0.3, -0.25) is 4.90 Å². The van der Waals surface area contributed by atoms with Crippen LogP contribution in [0.15, 0.2) is 15.9 Å². The first-order valence-electron chi connectivity index (χ1n) is 7.11. The summed E-state index contributed by atoms with van der Waals surface area (Å²) in [7, 11) is 0. The van der Waals surface area contributed by atoms with Crippen LogP contribution < -0.4 is 5.32 Å². The van der Waals surface area contributed by atoms with Gasteiger partial charge in [0.05, 0.1) is 0 Å². The summed E-state index contributed by atoms with van der Waals surface area (Å²) in [6.45, 7) is 6.40. The molecule has 2 saturated heterocycles. The number of ether oxygens (including phenoxy) is 1. The predicted molar refractivity (Wildman–Crippen MR) is 82.7 cm³/mol. The minimum absolute atomic E-state index is 0.570. The fourth-order valence-electron chi connectivity index (χ4n) is 3.19. The van der Waals surface area contributed by atoms with Gasteiger partial charge in [0.2, 0.25) is 0 Å². The highest BCUT2D eigenvalue weighted by Crippen LogP contribution is 2.41. The van der Waals surface area contributed by atoms with Crippen LogP contribution in [0.2, 0.25) is 0 Å². The van der Waals surface area contributed by atoms with E-state index in [1.165, 1.54) is 22.2 Å². The van der Waals surface area contributed by atoms with E-state index in [0.29, 0.717) is 6.04 Å².